The molecule has 4 rings (SSSR count). The molecule has 2 heterocycles. The van der Waals surface area contributed by atoms with Gasteiger partial charge in [-0.3, -0.25) is 14.9 Å². The number of nitrogens with zero attached hydrogens (tertiary/aromatic N) is 2. The summed E-state index contributed by atoms with van der Waals surface area (Å²) in [5.41, 5.74) is 4.21. The normalized spacial score (nSPS) is 12.3. The van der Waals surface area contributed by atoms with Gasteiger partial charge in [0, 0.05) is 23.3 Å². The average Bonchev–Trinajstić information content (AvgIpc) is 3.36. The Morgan fingerprint density at radius 2 is 1.97 bits per heavy atom. The number of fused-ring (bicyclic) bond motifs is 1. The number of aryl methyl sites for hydroxylation is 1. The van der Waals surface area contributed by atoms with Gasteiger partial charge in [0.25, 0.3) is 11.6 Å². The number of hydrazone groups is 1. The zero-order valence-electron chi connectivity index (χ0n) is 15.2. The number of benzene rings is 2. The predicted molar refractivity (Wildman–Crippen MR) is 103 cm³/mol. The Morgan fingerprint density at radius 3 is 2.79 bits per heavy atom. The number of hydrogen-bond acceptors (Lipinski definition) is 7. The highest BCUT2D eigenvalue weighted by atomic mass is 16.7. The Balaban J connectivity index is 1.45. The first-order chi connectivity index (χ1) is 14.0. The molecular formula is C20H15N3O6. The Kier molecular flexibility index (Phi) is 4.70. The summed E-state index contributed by atoms with van der Waals surface area (Å²) in [4.78, 5) is 22.7. The van der Waals surface area contributed by atoms with Crippen LogP contribution in [0.1, 0.15) is 21.7 Å². The minimum atomic E-state index is -0.458. The maximum atomic E-state index is 12.2. The molecule has 1 amide bonds. The Morgan fingerprint density at radius 1 is 1.14 bits per heavy atom. The van der Waals surface area contributed by atoms with Crippen LogP contribution in [-0.4, -0.2) is 23.8 Å². The molecule has 0 radical (unpaired) electrons. The van der Waals surface area contributed by atoms with E-state index in [4.69, 9.17) is 13.9 Å². The molecule has 9 heteroatoms. The Hall–Kier alpha value is -4.14. The van der Waals surface area contributed by atoms with Crippen LogP contribution in [-0.2, 0) is 0 Å². The zero-order valence-corrected chi connectivity index (χ0v) is 15.2. The van der Waals surface area contributed by atoms with Gasteiger partial charge in [-0.1, -0.05) is 6.07 Å². The maximum Gasteiger partial charge on any atom is 0.271 e. The van der Waals surface area contributed by atoms with Gasteiger partial charge in [-0.25, -0.2) is 5.43 Å². The van der Waals surface area contributed by atoms with Crippen molar-refractivity contribution in [3.63, 3.8) is 0 Å². The highest BCUT2D eigenvalue weighted by molar-refractivity contribution is 5.95. The van der Waals surface area contributed by atoms with Crippen molar-refractivity contribution < 1.29 is 23.6 Å². The van der Waals surface area contributed by atoms with Crippen LogP contribution in [0.3, 0.4) is 0 Å². The van der Waals surface area contributed by atoms with Crippen molar-refractivity contribution in [2.24, 2.45) is 5.10 Å². The van der Waals surface area contributed by atoms with Crippen molar-refractivity contribution >= 4 is 17.8 Å². The molecule has 0 fully saturated rings. The van der Waals surface area contributed by atoms with Crippen molar-refractivity contribution in [2.75, 3.05) is 6.79 Å². The van der Waals surface area contributed by atoms with E-state index in [9.17, 15) is 14.9 Å². The third-order valence-electron chi connectivity index (χ3n) is 4.32. The minimum Gasteiger partial charge on any atom is -0.455 e. The van der Waals surface area contributed by atoms with Crippen LogP contribution in [0.15, 0.2) is 58.0 Å². The summed E-state index contributed by atoms with van der Waals surface area (Å²) < 4.78 is 16.1. The quantitative estimate of drug-likeness (QED) is 0.402. The number of amides is 1. The van der Waals surface area contributed by atoms with E-state index in [0.717, 1.165) is 5.56 Å². The minimum absolute atomic E-state index is 0.0202. The van der Waals surface area contributed by atoms with Crippen molar-refractivity contribution in [3.8, 4) is 22.8 Å². The first-order valence-corrected chi connectivity index (χ1v) is 8.59. The number of rotatable bonds is 5. The van der Waals surface area contributed by atoms with Crippen molar-refractivity contribution in [3.05, 3.63) is 75.5 Å². The fourth-order valence-corrected chi connectivity index (χ4v) is 2.81. The van der Waals surface area contributed by atoms with Gasteiger partial charge >= 0.3 is 0 Å². The monoisotopic (exact) mass is 393 g/mol. The second kappa shape index (κ2) is 7.47. The number of nitrogens with one attached hydrogen (secondary N) is 1. The molecule has 1 aliphatic heterocycles. The topological polar surface area (TPSA) is 116 Å². The number of furan rings is 1. The fraction of sp³-hybridized carbons (Fsp3) is 0.100. The molecule has 0 spiro atoms. The summed E-state index contributed by atoms with van der Waals surface area (Å²) in [5, 5.41) is 14.9. The maximum absolute atomic E-state index is 12.2. The van der Waals surface area contributed by atoms with Crippen LogP contribution in [0.5, 0.6) is 11.5 Å². The van der Waals surface area contributed by atoms with Crippen LogP contribution in [0.25, 0.3) is 11.3 Å². The Labute approximate surface area is 164 Å². The SMILES string of the molecule is Cc1ccc([N+](=O)[O-])cc1-c1ccc(/C=N\NC(=O)c2ccc3c(c2)OCO3)o1. The molecule has 0 saturated carbocycles. The number of nitro groups is 1. The summed E-state index contributed by atoms with van der Waals surface area (Å²) in [6.07, 6.45) is 1.35. The van der Waals surface area contributed by atoms with Crippen LogP contribution in [0.4, 0.5) is 5.69 Å². The van der Waals surface area contributed by atoms with Gasteiger partial charge in [0.05, 0.1) is 11.1 Å². The molecule has 1 aliphatic rings. The van der Waals surface area contributed by atoms with E-state index in [-0.39, 0.29) is 12.5 Å². The molecule has 2 aromatic carbocycles. The van der Waals surface area contributed by atoms with E-state index >= 15 is 0 Å². The lowest BCUT2D eigenvalue weighted by atomic mass is 10.1. The van der Waals surface area contributed by atoms with Gasteiger partial charge in [0.15, 0.2) is 11.5 Å². The fourth-order valence-electron chi connectivity index (χ4n) is 2.81. The molecular weight excluding hydrogens is 378 g/mol. The molecule has 0 saturated heterocycles. The van der Waals surface area contributed by atoms with Crippen molar-refractivity contribution in [2.45, 2.75) is 6.92 Å². The van der Waals surface area contributed by atoms with Crippen LogP contribution >= 0.6 is 0 Å². The van der Waals surface area contributed by atoms with E-state index in [1.54, 1.807) is 36.4 Å². The molecule has 146 valence electrons. The third-order valence-corrected chi connectivity index (χ3v) is 4.32. The molecule has 1 aromatic heterocycles. The first-order valence-electron chi connectivity index (χ1n) is 8.59. The van der Waals surface area contributed by atoms with Crippen molar-refractivity contribution in [1.29, 1.82) is 0 Å². The predicted octanol–water partition coefficient (Wildman–Crippen LogP) is 3.66. The summed E-state index contributed by atoms with van der Waals surface area (Å²) in [7, 11) is 0. The van der Waals surface area contributed by atoms with E-state index in [2.05, 4.69) is 10.5 Å². The highest BCUT2D eigenvalue weighted by Gasteiger charge is 2.16. The smallest absolute Gasteiger partial charge is 0.271 e. The molecule has 3 aromatic rings. The average molecular weight is 393 g/mol. The van der Waals surface area contributed by atoms with E-state index < -0.39 is 10.8 Å². The number of non-ortho nitro benzene ring substituents is 1. The molecule has 9 nitrogen and oxygen atoms in total. The number of carbonyl (C=O) groups is 1. The standard InChI is InChI=1S/C20H15N3O6/c1-12-2-4-14(23(25)26)9-16(12)17-7-5-15(29-17)10-21-22-20(24)13-3-6-18-19(8-13)28-11-27-18/h2-10H,11H2,1H3,(H,22,24)/b21-10-. The molecule has 0 bridgehead atoms. The van der Waals surface area contributed by atoms with E-state index in [1.165, 1.54) is 18.3 Å². The van der Waals surface area contributed by atoms with E-state index in [1.807, 2.05) is 6.92 Å². The van der Waals surface area contributed by atoms with Crippen LogP contribution in [0.2, 0.25) is 0 Å². The lowest BCUT2D eigenvalue weighted by Crippen LogP contribution is -2.17. The number of hydrogen-bond donors (Lipinski definition) is 1. The lowest BCUT2D eigenvalue weighted by molar-refractivity contribution is -0.384. The zero-order chi connectivity index (χ0) is 20.4. The van der Waals surface area contributed by atoms with Gasteiger partial charge in [0.2, 0.25) is 6.79 Å². The Bertz CT molecular complexity index is 1130. The van der Waals surface area contributed by atoms with Crippen molar-refractivity contribution in [1.82, 2.24) is 5.43 Å². The lowest BCUT2D eigenvalue weighted by Gasteiger charge is -2.02. The number of ether oxygens (including phenoxy) is 2. The van der Waals surface area contributed by atoms with Gasteiger partial charge < -0.3 is 13.9 Å². The largest absolute Gasteiger partial charge is 0.455 e. The van der Waals surface area contributed by atoms with E-state index in [0.29, 0.717) is 34.1 Å². The number of carbonyl (C=O) groups excluding carboxylic acids is 1. The first kappa shape index (κ1) is 18.2. The van der Waals surface area contributed by atoms with Gasteiger partial charge in [0.1, 0.15) is 11.5 Å². The molecule has 0 atom stereocenters. The second-order valence-corrected chi connectivity index (χ2v) is 6.23. The summed E-state index contributed by atoms with van der Waals surface area (Å²) in [5.74, 6) is 1.53. The third kappa shape index (κ3) is 3.79. The number of nitro benzene ring substituents is 1. The molecule has 29 heavy (non-hydrogen) atoms. The summed E-state index contributed by atoms with van der Waals surface area (Å²) >= 11 is 0. The van der Waals surface area contributed by atoms with Gasteiger partial charge in [-0.15, -0.1) is 0 Å². The van der Waals surface area contributed by atoms with Crippen LogP contribution < -0.4 is 14.9 Å². The highest BCUT2D eigenvalue weighted by Crippen LogP contribution is 2.32. The second-order valence-electron chi connectivity index (χ2n) is 6.23. The van der Waals surface area contributed by atoms with Gasteiger partial charge in [-0.05, 0) is 42.8 Å². The molecule has 0 aliphatic carbocycles. The van der Waals surface area contributed by atoms with Gasteiger partial charge in [-0.2, -0.15) is 5.10 Å². The molecule has 1 N–H and O–H groups in total. The molecule has 0 unspecified atom stereocenters. The van der Waals surface area contributed by atoms with Crippen LogP contribution in [0, 0.1) is 17.0 Å². The summed E-state index contributed by atoms with van der Waals surface area (Å²) in [6.45, 7) is 1.96. The summed E-state index contributed by atoms with van der Waals surface area (Å²) in [6, 6.07) is 12.7.